The van der Waals surface area contributed by atoms with Crippen molar-refractivity contribution >= 4 is 40.5 Å². The number of carbonyl (C=O) groups is 2. The molecule has 6 heteroatoms. The first-order valence-corrected chi connectivity index (χ1v) is 13.7. The minimum absolute atomic E-state index is 0. The topological polar surface area (TPSA) is 66.4 Å². The average molecular weight is 518 g/mol. The van der Waals surface area contributed by atoms with Crippen molar-refractivity contribution in [3.8, 4) is 11.1 Å². The van der Waals surface area contributed by atoms with E-state index >= 15 is 0 Å². The molecular formula is C32H32LiNO3S. The summed E-state index contributed by atoms with van der Waals surface area (Å²) < 4.78 is 0. The number of allylic oxidation sites excluding steroid dienone is 1. The van der Waals surface area contributed by atoms with Gasteiger partial charge in [-0.15, -0.1) is 0 Å². The first-order valence-electron chi connectivity index (χ1n) is 12.3. The van der Waals surface area contributed by atoms with Crippen LogP contribution in [0.2, 0.25) is 0 Å². The number of hydrogen-bond acceptors (Lipinski definition) is 3. The molecule has 0 heterocycles. The predicted octanol–water partition coefficient (Wildman–Crippen LogP) is 4.12. The summed E-state index contributed by atoms with van der Waals surface area (Å²) in [6.45, 7) is 2.01. The van der Waals surface area contributed by atoms with Crippen LogP contribution in [0.3, 0.4) is 0 Å². The maximum Gasteiger partial charge on any atom is 1.00 e. The number of rotatable bonds is 10. The monoisotopic (exact) mass is 517 g/mol. The number of carboxylic acid groups (broad SMARTS) is 1. The summed E-state index contributed by atoms with van der Waals surface area (Å²) >= 11 is 1.56. The van der Waals surface area contributed by atoms with Gasteiger partial charge in [-0.1, -0.05) is 84.9 Å². The summed E-state index contributed by atoms with van der Waals surface area (Å²) in [4.78, 5) is 25.0. The Kier molecular flexibility index (Phi) is 10.9. The van der Waals surface area contributed by atoms with E-state index in [1.165, 1.54) is 16.3 Å². The van der Waals surface area contributed by atoms with Gasteiger partial charge in [0.25, 0.3) is 5.91 Å². The van der Waals surface area contributed by atoms with Gasteiger partial charge in [0.15, 0.2) is 0 Å². The number of hydrogen-bond donors (Lipinski definition) is 2. The average Bonchev–Trinajstić information content (AvgIpc) is 2.91. The summed E-state index contributed by atoms with van der Waals surface area (Å²) in [6.07, 6.45) is 7.28. The van der Waals surface area contributed by atoms with E-state index in [-0.39, 0.29) is 26.2 Å². The van der Waals surface area contributed by atoms with Crippen molar-refractivity contribution in [3.63, 3.8) is 0 Å². The number of amides is 1. The van der Waals surface area contributed by atoms with Crippen molar-refractivity contribution in [1.82, 2.24) is 5.32 Å². The molecule has 1 amide bonds. The molecule has 0 aliphatic carbocycles. The van der Waals surface area contributed by atoms with E-state index in [0.717, 1.165) is 28.7 Å². The van der Waals surface area contributed by atoms with Gasteiger partial charge in [-0.25, -0.2) is 4.79 Å². The Bertz CT molecular complexity index is 1460. The maximum atomic E-state index is 13.2. The number of carboxylic acids is 1. The van der Waals surface area contributed by atoms with Crippen molar-refractivity contribution in [3.05, 3.63) is 113 Å². The van der Waals surface area contributed by atoms with Crippen molar-refractivity contribution in [2.24, 2.45) is 0 Å². The molecule has 190 valence electrons. The Balaban J connectivity index is 0.00000267. The molecule has 0 aliphatic heterocycles. The van der Waals surface area contributed by atoms with Crippen LogP contribution in [0.1, 0.15) is 34.9 Å². The first-order chi connectivity index (χ1) is 18.0. The molecular weight excluding hydrogens is 485 g/mol. The fourth-order valence-corrected chi connectivity index (χ4v) is 4.86. The maximum absolute atomic E-state index is 13.2. The normalized spacial score (nSPS) is 11.7. The van der Waals surface area contributed by atoms with Crippen molar-refractivity contribution in [2.45, 2.75) is 25.8 Å². The third-order valence-corrected chi connectivity index (χ3v) is 7.06. The SMILES string of the molecule is CSCCC(NC(=O)c1ccc(C=CCc2ccc3ccccc3c2)cc1-c1ccccc1C)C(=O)O.[H-].[Li+]. The van der Waals surface area contributed by atoms with E-state index in [1.54, 1.807) is 17.8 Å². The quantitative estimate of drug-likeness (QED) is 0.311. The van der Waals surface area contributed by atoms with Gasteiger partial charge in [-0.2, -0.15) is 11.8 Å². The first kappa shape index (κ1) is 29.3. The largest absolute Gasteiger partial charge is 1.00 e. The van der Waals surface area contributed by atoms with Crippen molar-refractivity contribution in [2.75, 3.05) is 12.0 Å². The molecule has 4 aromatic rings. The van der Waals surface area contributed by atoms with Crippen LogP contribution in [0, 0.1) is 6.92 Å². The van der Waals surface area contributed by atoms with E-state index in [0.29, 0.717) is 17.7 Å². The van der Waals surface area contributed by atoms with Gasteiger partial charge in [0.1, 0.15) is 6.04 Å². The fraction of sp³-hybridized carbons (Fsp3) is 0.188. The molecule has 0 saturated heterocycles. The number of benzene rings is 4. The van der Waals surface area contributed by atoms with Gasteiger partial charge in [0.2, 0.25) is 0 Å². The summed E-state index contributed by atoms with van der Waals surface area (Å²) in [5, 5.41) is 14.8. The smallest absolute Gasteiger partial charge is 1.00 e. The van der Waals surface area contributed by atoms with Crippen LogP contribution >= 0.6 is 11.8 Å². The number of carbonyl (C=O) groups excluding carboxylic acids is 1. The van der Waals surface area contributed by atoms with Gasteiger partial charge in [-0.3, -0.25) is 4.79 Å². The molecule has 0 spiro atoms. The molecule has 0 saturated carbocycles. The molecule has 4 aromatic carbocycles. The molecule has 1 atom stereocenters. The molecule has 0 aliphatic rings. The van der Waals surface area contributed by atoms with Gasteiger partial charge in [0, 0.05) is 5.56 Å². The zero-order valence-corrected chi connectivity index (χ0v) is 22.9. The van der Waals surface area contributed by atoms with E-state index in [2.05, 4.69) is 47.8 Å². The molecule has 0 aromatic heterocycles. The van der Waals surface area contributed by atoms with Crippen LogP contribution in [-0.4, -0.2) is 35.0 Å². The summed E-state index contributed by atoms with van der Waals surface area (Å²) in [5.74, 6) is -0.741. The van der Waals surface area contributed by atoms with Gasteiger partial charge in [-0.05, 0) is 82.5 Å². The van der Waals surface area contributed by atoms with Crippen LogP contribution < -0.4 is 24.2 Å². The molecule has 38 heavy (non-hydrogen) atoms. The van der Waals surface area contributed by atoms with Crippen LogP contribution in [0.15, 0.2) is 91.0 Å². The van der Waals surface area contributed by atoms with Gasteiger partial charge >= 0.3 is 24.8 Å². The third-order valence-electron chi connectivity index (χ3n) is 6.42. The second-order valence-electron chi connectivity index (χ2n) is 9.05. The Morgan fingerprint density at radius 2 is 1.68 bits per heavy atom. The molecule has 2 N–H and O–H groups in total. The summed E-state index contributed by atoms with van der Waals surface area (Å²) in [6, 6.07) is 27.5. The number of nitrogens with one attached hydrogen (secondary N) is 1. The van der Waals surface area contributed by atoms with E-state index in [4.69, 9.17) is 0 Å². The third kappa shape index (κ3) is 7.42. The van der Waals surface area contributed by atoms with E-state index in [9.17, 15) is 14.7 Å². The Morgan fingerprint density at radius 1 is 0.947 bits per heavy atom. The number of aliphatic carboxylic acids is 1. The second-order valence-corrected chi connectivity index (χ2v) is 10.0. The van der Waals surface area contributed by atoms with Crippen LogP contribution in [0.5, 0.6) is 0 Å². The molecule has 1 unspecified atom stereocenters. The standard InChI is InChI=1S/C32H31NO3S.Li.H/c1-22-8-3-6-13-27(22)29-21-24(10-7-9-23-14-16-25-11-4-5-12-26(25)20-23)15-17-28(29)31(34)33-30(32(35)36)18-19-37-2;;/h3-8,10-17,20-21,30H,9,18-19H2,1-2H3,(H,33,34)(H,35,36);;/q;+1;-1. The number of fused-ring (bicyclic) bond motifs is 1. The molecule has 4 nitrogen and oxygen atoms in total. The Hall–Kier alpha value is -3.23. The number of thioether (sulfide) groups is 1. The summed E-state index contributed by atoms with van der Waals surface area (Å²) in [7, 11) is 0. The van der Waals surface area contributed by atoms with E-state index < -0.39 is 12.0 Å². The minimum Gasteiger partial charge on any atom is -1.00 e. The van der Waals surface area contributed by atoms with Crippen molar-refractivity contribution in [1.29, 1.82) is 0 Å². The minimum atomic E-state index is -1.02. The predicted molar refractivity (Wildman–Crippen MR) is 156 cm³/mol. The Morgan fingerprint density at radius 3 is 2.42 bits per heavy atom. The second kappa shape index (κ2) is 14.1. The molecule has 0 fully saturated rings. The van der Waals surface area contributed by atoms with Crippen LogP contribution in [-0.2, 0) is 11.2 Å². The van der Waals surface area contributed by atoms with Crippen molar-refractivity contribution < 1.29 is 35.0 Å². The molecule has 0 radical (unpaired) electrons. The summed E-state index contributed by atoms with van der Waals surface area (Å²) in [5.41, 5.74) is 5.47. The van der Waals surface area contributed by atoms with Gasteiger partial charge < -0.3 is 11.8 Å². The van der Waals surface area contributed by atoms with E-state index in [1.807, 2.05) is 61.7 Å². The fourth-order valence-electron chi connectivity index (χ4n) is 4.39. The molecule has 0 bridgehead atoms. The van der Waals surface area contributed by atoms with Gasteiger partial charge in [0.05, 0.1) is 0 Å². The van der Waals surface area contributed by atoms with Crippen LogP contribution in [0.4, 0.5) is 0 Å². The number of aryl methyl sites for hydroxylation is 1. The van der Waals surface area contributed by atoms with Crippen LogP contribution in [0.25, 0.3) is 28.0 Å². The zero-order chi connectivity index (χ0) is 26.2. The Labute approximate surface area is 242 Å². The molecule has 4 rings (SSSR count). The zero-order valence-electron chi connectivity index (χ0n) is 23.1.